The predicted molar refractivity (Wildman–Crippen MR) is 105 cm³/mol. The van der Waals surface area contributed by atoms with Crippen LogP contribution in [-0.2, 0) is 16.2 Å². The quantitative estimate of drug-likeness (QED) is 0.606. The second-order valence-corrected chi connectivity index (χ2v) is 7.18. The highest BCUT2D eigenvalue weighted by Gasteiger charge is 2.33. The topological polar surface area (TPSA) is 66.8 Å². The first-order valence-electron chi connectivity index (χ1n) is 7.77. The van der Waals surface area contributed by atoms with Crippen LogP contribution in [0, 0.1) is 0 Å². The maximum Gasteiger partial charge on any atom is 0.323 e. The standard InChI is InChI=1S/C19H15NO4S2/c21-17(22)11-20-18(23)16(26-19(20)25)10-13-6-8-15(9-7-13)24-12-14-4-2-1-3-5-14/h1-10H,11-12H2,(H,21,22)/b16-10+. The molecule has 1 amide bonds. The second-order valence-electron chi connectivity index (χ2n) is 5.50. The van der Waals surface area contributed by atoms with Crippen molar-refractivity contribution in [3.63, 3.8) is 0 Å². The Morgan fingerprint density at radius 2 is 1.85 bits per heavy atom. The number of thiocarbonyl (C=S) groups is 1. The largest absolute Gasteiger partial charge is 0.489 e. The number of carbonyl (C=O) groups excluding carboxylic acids is 1. The van der Waals surface area contributed by atoms with E-state index < -0.39 is 12.5 Å². The fraction of sp³-hybridized carbons (Fsp3) is 0.105. The van der Waals surface area contributed by atoms with Gasteiger partial charge in [-0.15, -0.1) is 0 Å². The van der Waals surface area contributed by atoms with Gasteiger partial charge in [-0.3, -0.25) is 14.5 Å². The normalized spacial score (nSPS) is 15.5. The molecular weight excluding hydrogens is 370 g/mol. The Morgan fingerprint density at radius 1 is 1.15 bits per heavy atom. The van der Waals surface area contributed by atoms with Gasteiger partial charge in [-0.1, -0.05) is 66.4 Å². The highest BCUT2D eigenvalue weighted by molar-refractivity contribution is 8.26. The highest BCUT2D eigenvalue weighted by Crippen LogP contribution is 2.32. The number of hydrogen-bond acceptors (Lipinski definition) is 5. The van der Waals surface area contributed by atoms with Crippen LogP contribution in [-0.4, -0.2) is 32.7 Å². The molecule has 0 spiro atoms. The minimum absolute atomic E-state index is 0.256. The minimum Gasteiger partial charge on any atom is -0.489 e. The molecule has 2 aromatic rings. The number of amides is 1. The van der Waals surface area contributed by atoms with Gasteiger partial charge in [-0.2, -0.15) is 0 Å². The van der Waals surface area contributed by atoms with Gasteiger partial charge in [0, 0.05) is 0 Å². The first kappa shape index (κ1) is 18.2. The molecule has 5 nitrogen and oxygen atoms in total. The number of ether oxygens (including phenoxy) is 1. The summed E-state index contributed by atoms with van der Waals surface area (Å²) in [5.74, 6) is -0.751. The molecule has 26 heavy (non-hydrogen) atoms. The van der Waals surface area contributed by atoms with Gasteiger partial charge in [0.15, 0.2) is 0 Å². The third-order valence-electron chi connectivity index (χ3n) is 3.59. The van der Waals surface area contributed by atoms with Crippen LogP contribution in [0.1, 0.15) is 11.1 Å². The van der Waals surface area contributed by atoms with Gasteiger partial charge < -0.3 is 9.84 Å². The Kier molecular flexibility index (Phi) is 5.70. The zero-order chi connectivity index (χ0) is 18.5. The first-order chi connectivity index (χ1) is 12.5. The summed E-state index contributed by atoms with van der Waals surface area (Å²) in [7, 11) is 0. The fourth-order valence-electron chi connectivity index (χ4n) is 2.32. The molecule has 1 fully saturated rings. The molecule has 1 N–H and O–H groups in total. The Labute approximate surface area is 160 Å². The van der Waals surface area contributed by atoms with Gasteiger partial charge in [-0.25, -0.2) is 0 Å². The maximum atomic E-state index is 12.2. The van der Waals surface area contributed by atoms with E-state index in [0.717, 1.165) is 33.5 Å². The summed E-state index contributed by atoms with van der Waals surface area (Å²) in [6.07, 6.45) is 1.70. The van der Waals surface area contributed by atoms with E-state index in [2.05, 4.69) is 0 Å². The summed E-state index contributed by atoms with van der Waals surface area (Å²) < 4.78 is 5.98. The number of carboxylic acid groups (broad SMARTS) is 1. The average Bonchev–Trinajstić information content (AvgIpc) is 2.89. The molecule has 7 heteroatoms. The number of aliphatic carboxylic acids is 1. The van der Waals surface area contributed by atoms with E-state index in [1.165, 1.54) is 0 Å². The molecule has 0 radical (unpaired) electrons. The summed E-state index contributed by atoms with van der Waals surface area (Å²) >= 11 is 6.18. The Bertz CT molecular complexity index is 863. The third kappa shape index (κ3) is 4.50. The molecule has 132 valence electrons. The number of nitrogens with zero attached hydrogens (tertiary/aromatic N) is 1. The number of rotatable bonds is 6. The van der Waals surface area contributed by atoms with E-state index in [9.17, 15) is 9.59 Å². The van der Waals surface area contributed by atoms with E-state index in [1.807, 2.05) is 54.6 Å². The molecule has 1 aliphatic rings. The highest BCUT2D eigenvalue weighted by atomic mass is 32.2. The Balaban J connectivity index is 1.65. The van der Waals surface area contributed by atoms with E-state index in [0.29, 0.717) is 11.5 Å². The zero-order valence-corrected chi connectivity index (χ0v) is 15.3. The van der Waals surface area contributed by atoms with E-state index in [1.54, 1.807) is 6.08 Å². The van der Waals surface area contributed by atoms with E-state index in [-0.39, 0.29) is 10.2 Å². The van der Waals surface area contributed by atoms with Crippen molar-refractivity contribution in [3.05, 3.63) is 70.6 Å². The predicted octanol–water partition coefficient (Wildman–Crippen LogP) is 3.55. The molecule has 1 saturated heterocycles. The van der Waals surface area contributed by atoms with Crippen molar-refractivity contribution >= 4 is 46.3 Å². The molecule has 0 saturated carbocycles. The summed E-state index contributed by atoms with van der Waals surface area (Å²) in [5, 5.41) is 8.85. The lowest BCUT2D eigenvalue weighted by Gasteiger charge is -2.10. The van der Waals surface area contributed by atoms with Gasteiger partial charge >= 0.3 is 5.97 Å². The van der Waals surface area contributed by atoms with Crippen LogP contribution in [0.4, 0.5) is 0 Å². The van der Waals surface area contributed by atoms with Gasteiger partial charge in [0.1, 0.15) is 23.2 Å². The van der Waals surface area contributed by atoms with Crippen molar-refractivity contribution in [2.45, 2.75) is 6.61 Å². The van der Waals surface area contributed by atoms with Gasteiger partial charge in [0.05, 0.1) is 4.91 Å². The van der Waals surface area contributed by atoms with Gasteiger partial charge in [-0.05, 0) is 29.3 Å². The number of hydrogen-bond donors (Lipinski definition) is 1. The monoisotopic (exact) mass is 385 g/mol. The lowest BCUT2D eigenvalue weighted by Crippen LogP contribution is -2.33. The second kappa shape index (κ2) is 8.16. The van der Waals surface area contributed by atoms with Crippen LogP contribution in [0.2, 0.25) is 0 Å². The van der Waals surface area contributed by atoms with E-state index >= 15 is 0 Å². The molecule has 2 aromatic carbocycles. The van der Waals surface area contributed by atoms with Crippen LogP contribution in [0.5, 0.6) is 5.75 Å². The Hall–Kier alpha value is -2.64. The smallest absolute Gasteiger partial charge is 0.323 e. The van der Waals surface area contributed by atoms with E-state index in [4.69, 9.17) is 22.1 Å². The minimum atomic E-state index is -1.09. The molecule has 1 aliphatic heterocycles. The SMILES string of the molecule is O=C(O)CN1C(=O)/C(=C\c2ccc(OCc3ccccc3)cc2)SC1=S. The molecule has 0 bridgehead atoms. The molecule has 0 aromatic heterocycles. The van der Waals surface area contributed by atoms with Crippen LogP contribution < -0.4 is 4.74 Å². The van der Waals surface area contributed by atoms with Crippen LogP contribution in [0.25, 0.3) is 6.08 Å². The number of benzene rings is 2. The first-order valence-corrected chi connectivity index (χ1v) is 8.99. The molecule has 0 unspecified atom stereocenters. The summed E-state index contributed by atoms with van der Waals surface area (Å²) in [6, 6.07) is 17.2. The van der Waals surface area contributed by atoms with Crippen molar-refractivity contribution in [1.82, 2.24) is 4.90 Å². The van der Waals surface area contributed by atoms with Crippen molar-refractivity contribution in [1.29, 1.82) is 0 Å². The van der Waals surface area contributed by atoms with Crippen LogP contribution in [0.15, 0.2) is 59.5 Å². The van der Waals surface area contributed by atoms with Crippen LogP contribution >= 0.6 is 24.0 Å². The average molecular weight is 385 g/mol. The molecular formula is C19H15NO4S2. The summed E-state index contributed by atoms with van der Waals surface area (Å²) in [6.45, 7) is 0.0578. The summed E-state index contributed by atoms with van der Waals surface area (Å²) in [5.41, 5.74) is 1.89. The van der Waals surface area contributed by atoms with Gasteiger partial charge in [0.2, 0.25) is 0 Å². The lowest BCUT2D eigenvalue weighted by molar-refractivity contribution is -0.140. The molecule has 0 aliphatic carbocycles. The zero-order valence-electron chi connectivity index (χ0n) is 13.6. The fourth-order valence-corrected chi connectivity index (χ4v) is 3.58. The van der Waals surface area contributed by atoms with Crippen LogP contribution in [0.3, 0.4) is 0 Å². The maximum absolute atomic E-state index is 12.2. The summed E-state index contributed by atoms with van der Waals surface area (Å²) in [4.78, 5) is 24.6. The molecule has 3 rings (SSSR count). The number of thioether (sulfide) groups is 1. The molecule has 1 heterocycles. The van der Waals surface area contributed by atoms with Gasteiger partial charge in [0.25, 0.3) is 5.91 Å². The van der Waals surface area contributed by atoms with Crippen molar-refractivity contribution in [2.24, 2.45) is 0 Å². The Morgan fingerprint density at radius 3 is 2.50 bits per heavy atom. The number of carbonyl (C=O) groups is 2. The lowest BCUT2D eigenvalue weighted by atomic mass is 10.2. The van der Waals surface area contributed by atoms with Crippen molar-refractivity contribution < 1.29 is 19.4 Å². The van der Waals surface area contributed by atoms with Crippen molar-refractivity contribution in [2.75, 3.05) is 6.54 Å². The molecule has 0 atom stereocenters. The van der Waals surface area contributed by atoms with Crippen molar-refractivity contribution in [3.8, 4) is 5.75 Å². The third-order valence-corrected chi connectivity index (χ3v) is 4.97. The number of carboxylic acids is 1.